The number of hydrogen-bond acceptors (Lipinski definition) is 13. The average Bonchev–Trinajstić information content (AvgIpc) is 3.66. The third-order valence-electron chi connectivity index (χ3n) is 14.2. The van der Waals surface area contributed by atoms with Gasteiger partial charge in [0.25, 0.3) is 0 Å². The monoisotopic (exact) mass is 1050 g/mol. The normalized spacial score (nSPS) is 16.6. The predicted octanol–water partition coefficient (Wildman–Crippen LogP) is 10.7. The van der Waals surface area contributed by atoms with E-state index in [1.54, 1.807) is 41.5 Å². The van der Waals surface area contributed by atoms with E-state index in [1.165, 1.54) is 7.11 Å². The number of aliphatic hydroxyl groups is 1. The number of amides is 2. The lowest BCUT2D eigenvalue weighted by Crippen LogP contribution is -2.49. The molecule has 412 valence electrons. The number of fused-ring (bicyclic) bond motifs is 3. The number of rotatable bonds is 26. The molecule has 3 aromatic carbocycles. The Labute approximate surface area is 449 Å². The molecule has 0 heterocycles. The Hall–Kier alpha value is -6.48. The van der Waals surface area contributed by atoms with Crippen LogP contribution in [0.1, 0.15) is 157 Å². The van der Waals surface area contributed by atoms with Crippen molar-refractivity contribution in [3.05, 3.63) is 107 Å². The molecule has 0 spiro atoms. The number of ketones is 3. The topological polar surface area (TPSA) is 213 Å². The Morgan fingerprint density at radius 2 is 1.38 bits per heavy atom. The fourth-order valence-electron chi connectivity index (χ4n) is 10.3. The third-order valence-corrected chi connectivity index (χ3v) is 14.2. The van der Waals surface area contributed by atoms with Crippen LogP contribution in [-0.4, -0.2) is 96.2 Å². The van der Waals surface area contributed by atoms with Gasteiger partial charge in [-0.2, -0.15) is 0 Å². The number of unbranched alkanes of at least 4 members (excludes halogenated alkanes) is 1. The fourth-order valence-corrected chi connectivity index (χ4v) is 10.3. The Kier molecular flexibility index (Phi) is 21.1. The molecule has 15 nitrogen and oxygen atoms in total. The lowest BCUT2D eigenvalue weighted by molar-refractivity contribution is -0.158. The molecule has 0 fully saturated rings. The highest BCUT2D eigenvalue weighted by Crippen LogP contribution is 2.44. The maximum absolute atomic E-state index is 14.8. The van der Waals surface area contributed by atoms with Gasteiger partial charge >= 0.3 is 18.0 Å². The molecule has 3 N–H and O–H groups in total. The van der Waals surface area contributed by atoms with Gasteiger partial charge in [0.15, 0.2) is 17.3 Å². The van der Waals surface area contributed by atoms with Gasteiger partial charge in [0.2, 0.25) is 5.91 Å². The lowest BCUT2D eigenvalue weighted by Gasteiger charge is -2.32. The highest BCUT2D eigenvalue weighted by Gasteiger charge is 2.39. The summed E-state index contributed by atoms with van der Waals surface area (Å²) >= 11 is 0. The van der Waals surface area contributed by atoms with E-state index in [4.69, 9.17) is 23.9 Å². The third kappa shape index (κ3) is 16.8. The first-order chi connectivity index (χ1) is 35.7. The van der Waals surface area contributed by atoms with Crippen molar-refractivity contribution < 1.29 is 57.6 Å². The van der Waals surface area contributed by atoms with Gasteiger partial charge in [-0.3, -0.25) is 33.8 Å². The number of aliphatic hydroxyl groups excluding tert-OH is 1. The summed E-state index contributed by atoms with van der Waals surface area (Å²) in [5, 5.41) is 16.8. The van der Waals surface area contributed by atoms with Gasteiger partial charge in [0, 0.05) is 50.3 Å². The van der Waals surface area contributed by atoms with Crippen LogP contribution in [-0.2, 0) is 53.3 Å². The molecular weight excluding hydrogens is 967 g/mol. The number of benzene rings is 3. The lowest BCUT2D eigenvalue weighted by atomic mass is 9.75. The second-order valence-corrected chi connectivity index (χ2v) is 22.9. The van der Waals surface area contributed by atoms with Crippen molar-refractivity contribution in [2.75, 3.05) is 20.3 Å². The molecule has 0 aliphatic heterocycles. The maximum Gasteiger partial charge on any atom is 0.407 e. The number of Topliss-reactive ketones (excluding diaryl/α,β-unsaturated/α-hetero) is 3. The van der Waals surface area contributed by atoms with E-state index in [-0.39, 0.29) is 86.3 Å². The number of nitrogens with zero attached hydrogens (tertiary/aromatic N) is 1. The number of hydrogen-bond donors (Lipinski definition) is 3. The van der Waals surface area contributed by atoms with Gasteiger partial charge in [-0.05, 0) is 113 Å². The molecule has 0 aromatic heterocycles. The molecule has 0 bridgehead atoms. The van der Waals surface area contributed by atoms with Crippen molar-refractivity contribution in [2.45, 2.75) is 169 Å². The second-order valence-electron chi connectivity index (χ2n) is 22.9. The highest BCUT2D eigenvalue weighted by molar-refractivity contribution is 6.22. The van der Waals surface area contributed by atoms with Crippen molar-refractivity contribution in [1.82, 2.24) is 10.6 Å². The summed E-state index contributed by atoms with van der Waals surface area (Å²) in [5.41, 5.74) is 3.17. The zero-order valence-electron chi connectivity index (χ0n) is 46.7. The predicted molar refractivity (Wildman–Crippen MR) is 292 cm³/mol. The van der Waals surface area contributed by atoms with Crippen LogP contribution in [0.25, 0.3) is 11.1 Å². The minimum absolute atomic E-state index is 0.0615. The quantitative estimate of drug-likeness (QED) is 0.0297. The number of carbonyl (C=O) groups excluding carboxylic acids is 7. The number of allylic oxidation sites excluding steroid dienone is 2. The van der Waals surface area contributed by atoms with E-state index in [2.05, 4.69) is 22.8 Å². The molecule has 0 saturated heterocycles. The molecule has 2 aliphatic carbocycles. The van der Waals surface area contributed by atoms with E-state index in [9.17, 15) is 38.7 Å². The smallest absolute Gasteiger partial charge is 0.407 e. The standard InChI is InChI=1S/C61H81N3O12/c1-37(2)45(57(71)73-12)32-50(65)49(29-30-54(69)76-61(10,11)40-22-14-13-15-23-40)64-56(70)46(39(4)75-59(5,6)7)33-51(66)48(63-38(3)55-52(67)34-60(8,9)35-53(55)68)28-20-21-31-62-58(72)74-36-47-43-26-18-16-24-41(43)42-25-17-19-27-44(42)47/h13-19,22-27,37,39,45-49,67H,20-21,28-36H2,1-12H3,(H,62,72)(H,64,70)/t39-,45+,46?,48+,49?/m1/s1. The minimum Gasteiger partial charge on any atom is -0.511 e. The summed E-state index contributed by atoms with van der Waals surface area (Å²) in [6.45, 7) is 19.9. The number of nitrogens with one attached hydrogen (secondary N) is 2. The molecule has 2 amide bonds. The number of methoxy groups -OCH3 is 1. The van der Waals surface area contributed by atoms with E-state index in [0.717, 1.165) is 27.8 Å². The molecule has 0 saturated carbocycles. The highest BCUT2D eigenvalue weighted by atomic mass is 16.6. The molecule has 5 atom stereocenters. The Morgan fingerprint density at radius 1 is 0.789 bits per heavy atom. The largest absolute Gasteiger partial charge is 0.511 e. The Morgan fingerprint density at radius 3 is 1.96 bits per heavy atom. The van der Waals surface area contributed by atoms with Crippen LogP contribution in [0.3, 0.4) is 0 Å². The zero-order chi connectivity index (χ0) is 56.1. The van der Waals surface area contributed by atoms with Crippen LogP contribution >= 0.6 is 0 Å². The second kappa shape index (κ2) is 26.5. The SMILES string of the molecule is COC(=O)[C@@H](CC(=O)C(CCC(=O)OC(C)(C)c1ccccc1)NC(=O)C(CC(=O)[C@H](CCCCNC(=O)OCC1c2ccccc2-c2ccccc21)N=C(C)C1=C(O)CC(C)(C)CC1=O)[C@@H](C)OC(C)(C)C)C(C)C. The first kappa shape index (κ1) is 60.4. The molecule has 15 heteroatoms. The molecular formula is C61H81N3O12. The van der Waals surface area contributed by atoms with Crippen LogP contribution in [0.15, 0.2) is 95.2 Å². The number of esters is 2. The van der Waals surface area contributed by atoms with Crippen LogP contribution < -0.4 is 10.6 Å². The summed E-state index contributed by atoms with van der Waals surface area (Å²) in [6, 6.07) is 23.0. The molecule has 0 radical (unpaired) electrons. The van der Waals surface area contributed by atoms with Crippen molar-refractivity contribution in [3.8, 4) is 11.1 Å². The van der Waals surface area contributed by atoms with Gasteiger partial charge in [-0.25, -0.2) is 4.79 Å². The Balaban J connectivity index is 1.35. The summed E-state index contributed by atoms with van der Waals surface area (Å²) in [4.78, 5) is 102. The molecule has 3 aromatic rings. The summed E-state index contributed by atoms with van der Waals surface area (Å²) in [5.74, 6) is -5.72. The zero-order valence-corrected chi connectivity index (χ0v) is 46.7. The molecule has 2 unspecified atom stereocenters. The number of ether oxygens (including phenoxy) is 4. The first-order valence-electron chi connectivity index (χ1n) is 26.7. The van der Waals surface area contributed by atoms with E-state index < -0.39 is 88.6 Å². The van der Waals surface area contributed by atoms with Crippen molar-refractivity contribution in [3.63, 3.8) is 0 Å². The maximum atomic E-state index is 14.8. The van der Waals surface area contributed by atoms with Crippen LogP contribution in [0.5, 0.6) is 0 Å². The van der Waals surface area contributed by atoms with Gasteiger partial charge in [0.05, 0.1) is 42.3 Å². The van der Waals surface area contributed by atoms with E-state index >= 15 is 0 Å². The van der Waals surface area contributed by atoms with Crippen LogP contribution in [0, 0.1) is 23.2 Å². The first-order valence-corrected chi connectivity index (χ1v) is 26.7. The average molecular weight is 1050 g/mol. The summed E-state index contributed by atoms with van der Waals surface area (Å²) in [6.07, 6.45) is -1.22. The van der Waals surface area contributed by atoms with Gasteiger partial charge < -0.3 is 34.7 Å². The number of carbonyl (C=O) groups is 7. The van der Waals surface area contributed by atoms with Crippen molar-refractivity contribution in [1.29, 1.82) is 0 Å². The fraction of sp³-hybridized carbons (Fsp3) is 0.541. The Bertz CT molecular complexity index is 2580. The van der Waals surface area contributed by atoms with E-state index in [0.29, 0.717) is 12.8 Å². The van der Waals surface area contributed by atoms with Crippen molar-refractivity contribution in [2.24, 2.45) is 28.2 Å². The summed E-state index contributed by atoms with van der Waals surface area (Å²) < 4.78 is 23.0. The van der Waals surface area contributed by atoms with Gasteiger partial charge in [-0.1, -0.05) is 107 Å². The molecule has 5 rings (SSSR count). The van der Waals surface area contributed by atoms with Gasteiger partial charge in [-0.15, -0.1) is 0 Å². The van der Waals surface area contributed by atoms with Crippen LogP contribution in [0.4, 0.5) is 4.79 Å². The summed E-state index contributed by atoms with van der Waals surface area (Å²) in [7, 11) is 1.24. The number of alkyl carbamates (subject to hydrolysis) is 1. The number of aliphatic imine (C=N–C) groups is 1. The van der Waals surface area contributed by atoms with Crippen LogP contribution in [0.2, 0.25) is 0 Å². The minimum atomic E-state index is -1.28. The van der Waals surface area contributed by atoms with E-state index in [1.807, 2.05) is 101 Å². The van der Waals surface area contributed by atoms with Gasteiger partial charge in [0.1, 0.15) is 24.0 Å². The molecule has 76 heavy (non-hydrogen) atoms. The molecule has 2 aliphatic rings. The van der Waals surface area contributed by atoms with Crippen molar-refractivity contribution >= 4 is 47.0 Å².